The van der Waals surface area contributed by atoms with Crippen molar-refractivity contribution in [1.29, 1.82) is 0 Å². The minimum Gasteiger partial charge on any atom is -0.338 e. The van der Waals surface area contributed by atoms with Gasteiger partial charge in [0.05, 0.1) is 5.54 Å². The summed E-state index contributed by atoms with van der Waals surface area (Å²) >= 11 is 0. The first-order valence-corrected chi connectivity index (χ1v) is 7.45. The van der Waals surface area contributed by atoms with Crippen LogP contribution in [0, 0.1) is 0 Å². The van der Waals surface area contributed by atoms with Gasteiger partial charge in [0.1, 0.15) is 0 Å². The van der Waals surface area contributed by atoms with Crippen molar-refractivity contribution in [2.75, 3.05) is 46.8 Å². The van der Waals surface area contributed by atoms with Gasteiger partial charge in [0.2, 0.25) is 5.91 Å². The number of carbonyl (C=O) groups excluding carboxylic acids is 2. The minimum absolute atomic E-state index is 0.0269. The summed E-state index contributed by atoms with van der Waals surface area (Å²) in [5, 5.41) is 3.36. The maximum absolute atomic E-state index is 12.6. The molecule has 6 heteroatoms. The van der Waals surface area contributed by atoms with Gasteiger partial charge in [-0.15, -0.1) is 0 Å². The van der Waals surface area contributed by atoms with Gasteiger partial charge in [-0.1, -0.05) is 0 Å². The molecule has 2 rings (SSSR count). The fourth-order valence-electron chi connectivity index (χ4n) is 2.97. The van der Waals surface area contributed by atoms with Crippen LogP contribution in [0.15, 0.2) is 0 Å². The van der Waals surface area contributed by atoms with Crippen LogP contribution in [0.25, 0.3) is 0 Å². The Hall–Kier alpha value is -1.30. The van der Waals surface area contributed by atoms with Crippen molar-refractivity contribution >= 4 is 11.9 Å². The van der Waals surface area contributed by atoms with Crippen molar-refractivity contribution in [3.8, 4) is 0 Å². The molecule has 2 heterocycles. The molecule has 1 unspecified atom stereocenters. The standard InChI is InChI=1S/C14H26N4O2/c1-14(6-4-5-7-15-14)12(19)17-8-10-18(11-9-17)13(20)16(2)3/h15H,4-11H2,1-3H3. The number of nitrogens with one attached hydrogen (secondary N) is 1. The van der Waals surface area contributed by atoms with E-state index < -0.39 is 5.54 Å². The zero-order valence-electron chi connectivity index (χ0n) is 12.8. The van der Waals surface area contributed by atoms with Crippen molar-refractivity contribution in [3.05, 3.63) is 0 Å². The lowest BCUT2D eigenvalue weighted by molar-refractivity contribution is -0.140. The molecule has 114 valence electrons. The molecule has 2 aliphatic heterocycles. The molecule has 1 atom stereocenters. The second kappa shape index (κ2) is 5.99. The predicted molar refractivity (Wildman–Crippen MR) is 77.5 cm³/mol. The van der Waals surface area contributed by atoms with E-state index in [9.17, 15) is 9.59 Å². The number of hydrogen-bond donors (Lipinski definition) is 1. The Morgan fingerprint density at radius 1 is 1.05 bits per heavy atom. The van der Waals surface area contributed by atoms with Crippen LogP contribution in [0.4, 0.5) is 4.79 Å². The summed E-state index contributed by atoms with van der Waals surface area (Å²) in [7, 11) is 3.51. The number of piperidine rings is 1. The third-order valence-electron chi connectivity index (χ3n) is 4.31. The zero-order chi connectivity index (χ0) is 14.8. The lowest BCUT2D eigenvalue weighted by Crippen LogP contribution is -2.62. The molecular weight excluding hydrogens is 256 g/mol. The molecular formula is C14H26N4O2. The quantitative estimate of drug-likeness (QED) is 0.755. The molecule has 1 N–H and O–H groups in total. The van der Waals surface area contributed by atoms with E-state index in [4.69, 9.17) is 0 Å². The van der Waals surface area contributed by atoms with E-state index in [1.165, 1.54) is 0 Å². The van der Waals surface area contributed by atoms with Crippen molar-refractivity contribution < 1.29 is 9.59 Å². The highest BCUT2D eigenvalue weighted by molar-refractivity contribution is 5.86. The summed E-state index contributed by atoms with van der Waals surface area (Å²) < 4.78 is 0. The smallest absolute Gasteiger partial charge is 0.319 e. The second-order valence-corrected chi connectivity index (χ2v) is 6.17. The van der Waals surface area contributed by atoms with E-state index in [-0.39, 0.29) is 11.9 Å². The molecule has 6 nitrogen and oxygen atoms in total. The Labute approximate surface area is 121 Å². The SMILES string of the molecule is CN(C)C(=O)N1CCN(C(=O)C2(C)CCCCN2)CC1. The van der Waals surface area contributed by atoms with Crippen LogP contribution in [0.3, 0.4) is 0 Å². The van der Waals surface area contributed by atoms with Gasteiger partial charge >= 0.3 is 6.03 Å². The topological polar surface area (TPSA) is 55.9 Å². The number of nitrogens with zero attached hydrogens (tertiary/aromatic N) is 3. The van der Waals surface area contributed by atoms with Gasteiger partial charge in [-0.2, -0.15) is 0 Å². The van der Waals surface area contributed by atoms with Gasteiger partial charge in [-0.05, 0) is 32.7 Å². The van der Waals surface area contributed by atoms with E-state index in [0.29, 0.717) is 26.2 Å². The molecule has 0 aliphatic carbocycles. The van der Waals surface area contributed by atoms with Crippen LogP contribution < -0.4 is 5.32 Å². The summed E-state index contributed by atoms with van der Waals surface area (Å²) in [6.45, 7) is 5.44. The first-order valence-electron chi connectivity index (χ1n) is 7.45. The molecule has 20 heavy (non-hydrogen) atoms. The van der Waals surface area contributed by atoms with Crippen LogP contribution in [-0.2, 0) is 4.79 Å². The summed E-state index contributed by atoms with van der Waals surface area (Å²) in [5.74, 6) is 0.189. The third kappa shape index (κ3) is 3.06. The Kier molecular flexibility index (Phi) is 4.52. The first kappa shape index (κ1) is 15.1. The number of urea groups is 1. The molecule has 0 aromatic carbocycles. The largest absolute Gasteiger partial charge is 0.338 e. The highest BCUT2D eigenvalue weighted by atomic mass is 16.2. The molecule has 2 fully saturated rings. The van der Waals surface area contributed by atoms with Crippen molar-refractivity contribution in [2.45, 2.75) is 31.7 Å². The van der Waals surface area contributed by atoms with Crippen LogP contribution in [0.5, 0.6) is 0 Å². The maximum Gasteiger partial charge on any atom is 0.319 e. The van der Waals surface area contributed by atoms with Gasteiger partial charge < -0.3 is 20.0 Å². The van der Waals surface area contributed by atoms with Gasteiger partial charge in [0.25, 0.3) is 0 Å². The summed E-state index contributed by atoms with van der Waals surface area (Å²) in [6.07, 6.45) is 3.16. The van der Waals surface area contributed by atoms with E-state index >= 15 is 0 Å². The number of amides is 3. The van der Waals surface area contributed by atoms with Crippen LogP contribution >= 0.6 is 0 Å². The Bertz CT molecular complexity index is 369. The monoisotopic (exact) mass is 282 g/mol. The minimum atomic E-state index is -0.411. The molecule has 0 aromatic rings. The van der Waals surface area contributed by atoms with Crippen LogP contribution in [-0.4, -0.2) is 79.0 Å². The van der Waals surface area contributed by atoms with Gasteiger partial charge in [0.15, 0.2) is 0 Å². The molecule has 0 bridgehead atoms. The van der Waals surface area contributed by atoms with Crippen molar-refractivity contribution in [3.63, 3.8) is 0 Å². The highest BCUT2D eigenvalue weighted by Gasteiger charge is 2.38. The first-order chi connectivity index (χ1) is 9.44. The van der Waals surface area contributed by atoms with E-state index in [0.717, 1.165) is 25.8 Å². The molecule has 3 amide bonds. The predicted octanol–water partition coefficient (Wildman–Crippen LogP) is 0.344. The van der Waals surface area contributed by atoms with Crippen LogP contribution in [0.2, 0.25) is 0 Å². The fraction of sp³-hybridized carbons (Fsp3) is 0.857. The Morgan fingerprint density at radius 2 is 1.65 bits per heavy atom. The van der Waals surface area contributed by atoms with E-state index in [1.54, 1.807) is 23.9 Å². The van der Waals surface area contributed by atoms with Gasteiger partial charge in [0, 0.05) is 40.3 Å². The molecule has 2 saturated heterocycles. The molecule has 0 saturated carbocycles. The zero-order valence-corrected chi connectivity index (χ0v) is 12.8. The summed E-state index contributed by atoms with van der Waals surface area (Å²) in [4.78, 5) is 29.8. The summed E-state index contributed by atoms with van der Waals surface area (Å²) in [6, 6.07) is 0.0269. The number of rotatable bonds is 1. The van der Waals surface area contributed by atoms with Gasteiger partial charge in [-0.25, -0.2) is 4.79 Å². The fourth-order valence-corrected chi connectivity index (χ4v) is 2.97. The highest BCUT2D eigenvalue weighted by Crippen LogP contribution is 2.22. The van der Waals surface area contributed by atoms with Crippen molar-refractivity contribution in [2.24, 2.45) is 0 Å². The third-order valence-corrected chi connectivity index (χ3v) is 4.31. The maximum atomic E-state index is 12.6. The average Bonchev–Trinajstić information content (AvgIpc) is 2.46. The van der Waals surface area contributed by atoms with Crippen molar-refractivity contribution in [1.82, 2.24) is 20.0 Å². The lowest BCUT2D eigenvalue weighted by atomic mass is 9.89. The van der Waals surface area contributed by atoms with Gasteiger partial charge in [-0.3, -0.25) is 4.79 Å². The Balaban J connectivity index is 1.90. The normalized spacial score (nSPS) is 27.4. The number of hydrogen-bond acceptors (Lipinski definition) is 3. The average molecular weight is 282 g/mol. The summed E-state index contributed by atoms with van der Waals surface area (Å²) in [5.41, 5.74) is -0.411. The second-order valence-electron chi connectivity index (χ2n) is 6.17. The van der Waals surface area contributed by atoms with E-state index in [2.05, 4.69) is 5.32 Å². The molecule has 0 spiro atoms. The molecule has 0 aromatic heterocycles. The van der Waals surface area contributed by atoms with E-state index in [1.807, 2.05) is 11.8 Å². The molecule has 0 radical (unpaired) electrons. The number of carbonyl (C=O) groups is 2. The van der Waals surface area contributed by atoms with Crippen LogP contribution in [0.1, 0.15) is 26.2 Å². The lowest BCUT2D eigenvalue weighted by Gasteiger charge is -2.42. The molecule has 2 aliphatic rings. The Morgan fingerprint density at radius 3 is 2.15 bits per heavy atom. The number of piperazine rings is 1.